The Morgan fingerprint density at radius 1 is 1.00 bits per heavy atom. The Kier molecular flexibility index (Phi) is 9.16. The second-order valence-corrected chi connectivity index (χ2v) is 4.96. The van der Waals surface area contributed by atoms with Crippen LogP contribution < -0.4 is 5.73 Å². The first-order chi connectivity index (χ1) is 8.92. The molecule has 0 heterocycles. The lowest BCUT2D eigenvalue weighted by atomic mass is 10.3. The summed E-state index contributed by atoms with van der Waals surface area (Å²) in [6.07, 6.45) is 1.72. The number of nitrogens with two attached hydrogens (primary N) is 1. The van der Waals surface area contributed by atoms with Crippen molar-refractivity contribution in [2.24, 2.45) is 5.73 Å². The quantitative estimate of drug-likeness (QED) is 0.620. The third-order valence-electron chi connectivity index (χ3n) is 2.88. The van der Waals surface area contributed by atoms with Crippen LogP contribution in [0.5, 0.6) is 0 Å². The van der Waals surface area contributed by atoms with Crippen LogP contribution in [0.4, 0.5) is 0 Å². The molecule has 0 atom stereocenters. The maximum atomic E-state index is 12.0. The van der Waals surface area contributed by atoms with E-state index in [0.717, 1.165) is 19.4 Å². The lowest BCUT2D eigenvalue weighted by molar-refractivity contribution is -0.133. The Bertz CT molecular complexity index is 282. The fourth-order valence-corrected chi connectivity index (χ4v) is 1.63. The van der Waals surface area contributed by atoms with Crippen molar-refractivity contribution in [3.63, 3.8) is 0 Å². The summed E-state index contributed by atoms with van der Waals surface area (Å²) in [4.78, 5) is 28.8. The molecule has 2 N–H and O–H groups in total. The van der Waals surface area contributed by atoms with Crippen LogP contribution in [0, 0.1) is 0 Å². The van der Waals surface area contributed by atoms with Gasteiger partial charge in [-0.1, -0.05) is 6.92 Å². The lowest BCUT2D eigenvalue weighted by Crippen LogP contribution is -2.43. The molecule has 0 aromatic rings. The summed E-state index contributed by atoms with van der Waals surface area (Å²) in [5, 5.41) is 0. The second kappa shape index (κ2) is 9.75. The highest BCUT2D eigenvalue weighted by molar-refractivity contribution is 5.80. The summed E-state index contributed by atoms with van der Waals surface area (Å²) in [6.45, 7) is 4.60. The smallest absolute Gasteiger partial charge is 0.236 e. The molecule has 0 saturated carbocycles. The van der Waals surface area contributed by atoms with E-state index in [-0.39, 0.29) is 24.9 Å². The standard InChI is InChI=1S/C13H28N4O2/c1-5-8-17(10-12(18)15(2)3)11-13(19)16(4)9-6-7-14/h5-11,14H2,1-4H3. The highest BCUT2D eigenvalue weighted by Gasteiger charge is 2.17. The number of nitrogens with zero attached hydrogens (tertiary/aromatic N) is 3. The molecule has 19 heavy (non-hydrogen) atoms. The van der Waals surface area contributed by atoms with Gasteiger partial charge < -0.3 is 15.5 Å². The number of amides is 2. The van der Waals surface area contributed by atoms with E-state index in [9.17, 15) is 9.59 Å². The monoisotopic (exact) mass is 272 g/mol. The van der Waals surface area contributed by atoms with Crippen molar-refractivity contribution in [1.82, 2.24) is 14.7 Å². The van der Waals surface area contributed by atoms with Gasteiger partial charge in [0.05, 0.1) is 13.1 Å². The van der Waals surface area contributed by atoms with Crippen molar-refractivity contribution in [3.8, 4) is 0 Å². The van der Waals surface area contributed by atoms with E-state index < -0.39 is 0 Å². The van der Waals surface area contributed by atoms with Crippen LogP contribution in [0.25, 0.3) is 0 Å². The minimum Gasteiger partial charge on any atom is -0.348 e. The van der Waals surface area contributed by atoms with Crippen LogP contribution in [0.3, 0.4) is 0 Å². The van der Waals surface area contributed by atoms with E-state index in [4.69, 9.17) is 5.73 Å². The highest BCUT2D eigenvalue weighted by atomic mass is 16.2. The van der Waals surface area contributed by atoms with Gasteiger partial charge in [-0.25, -0.2) is 0 Å². The van der Waals surface area contributed by atoms with E-state index in [1.807, 2.05) is 11.8 Å². The molecule has 0 radical (unpaired) electrons. The van der Waals surface area contributed by atoms with Gasteiger partial charge in [0.2, 0.25) is 11.8 Å². The van der Waals surface area contributed by atoms with Gasteiger partial charge in [0.15, 0.2) is 0 Å². The van der Waals surface area contributed by atoms with E-state index in [1.54, 1.807) is 30.9 Å². The molecule has 6 heteroatoms. The molecule has 0 fully saturated rings. The van der Waals surface area contributed by atoms with Crippen molar-refractivity contribution in [2.45, 2.75) is 19.8 Å². The maximum Gasteiger partial charge on any atom is 0.236 e. The van der Waals surface area contributed by atoms with Crippen molar-refractivity contribution in [3.05, 3.63) is 0 Å². The molecule has 0 aromatic heterocycles. The van der Waals surface area contributed by atoms with Crippen molar-refractivity contribution in [2.75, 3.05) is 53.9 Å². The zero-order valence-corrected chi connectivity index (χ0v) is 12.7. The predicted molar refractivity (Wildman–Crippen MR) is 76.7 cm³/mol. The number of hydrogen-bond acceptors (Lipinski definition) is 4. The third-order valence-corrected chi connectivity index (χ3v) is 2.88. The Labute approximate surface area is 116 Å². The van der Waals surface area contributed by atoms with E-state index in [2.05, 4.69) is 0 Å². The number of likely N-dealkylation sites (N-methyl/N-ethyl adjacent to an activating group) is 2. The van der Waals surface area contributed by atoms with Crippen LogP contribution in [0.2, 0.25) is 0 Å². The van der Waals surface area contributed by atoms with Crippen molar-refractivity contribution >= 4 is 11.8 Å². The Morgan fingerprint density at radius 3 is 2.05 bits per heavy atom. The summed E-state index contributed by atoms with van der Waals surface area (Å²) in [5.74, 6) is 0.0549. The SMILES string of the molecule is CCCN(CC(=O)N(C)C)CC(=O)N(C)CCCN. The van der Waals surface area contributed by atoms with E-state index in [1.165, 1.54) is 0 Å². The first kappa shape index (κ1) is 17.9. The molecule has 0 aliphatic carbocycles. The Morgan fingerprint density at radius 2 is 1.58 bits per heavy atom. The lowest BCUT2D eigenvalue weighted by Gasteiger charge is -2.25. The minimum absolute atomic E-state index is 0.0193. The van der Waals surface area contributed by atoms with Crippen molar-refractivity contribution < 1.29 is 9.59 Å². The van der Waals surface area contributed by atoms with Gasteiger partial charge in [0.1, 0.15) is 0 Å². The summed E-state index contributed by atoms with van der Waals surface area (Å²) < 4.78 is 0. The van der Waals surface area contributed by atoms with Gasteiger partial charge in [-0.3, -0.25) is 14.5 Å². The van der Waals surface area contributed by atoms with Crippen LogP contribution in [0.1, 0.15) is 19.8 Å². The third kappa shape index (κ3) is 7.79. The number of rotatable bonds is 9. The average molecular weight is 272 g/mol. The molecule has 0 unspecified atom stereocenters. The normalized spacial score (nSPS) is 10.6. The van der Waals surface area contributed by atoms with Crippen LogP contribution >= 0.6 is 0 Å². The van der Waals surface area contributed by atoms with Crippen LogP contribution in [0.15, 0.2) is 0 Å². The Balaban J connectivity index is 4.32. The van der Waals surface area contributed by atoms with Crippen LogP contribution in [-0.4, -0.2) is 80.4 Å². The topological polar surface area (TPSA) is 69.9 Å². The van der Waals surface area contributed by atoms with Gasteiger partial charge in [0.25, 0.3) is 0 Å². The summed E-state index contributed by atoms with van der Waals surface area (Å²) in [7, 11) is 5.22. The fourth-order valence-electron chi connectivity index (χ4n) is 1.63. The molecule has 0 bridgehead atoms. The molecule has 0 rings (SSSR count). The molecular weight excluding hydrogens is 244 g/mol. The van der Waals surface area contributed by atoms with Gasteiger partial charge in [0, 0.05) is 27.7 Å². The summed E-state index contributed by atoms with van der Waals surface area (Å²) >= 11 is 0. The molecule has 0 saturated heterocycles. The molecule has 112 valence electrons. The average Bonchev–Trinajstić information content (AvgIpc) is 2.35. The zero-order chi connectivity index (χ0) is 14.8. The largest absolute Gasteiger partial charge is 0.348 e. The van der Waals surface area contributed by atoms with Gasteiger partial charge in [-0.05, 0) is 25.9 Å². The van der Waals surface area contributed by atoms with Crippen molar-refractivity contribution in [1.29, 1.82) is 0 Å². The number of hydrogen-bond donors (Lipinski definition) is 1. The van der Waals surface area contributed by atoms with E-state index in [0.29, 0.717) is 13.1 Å². The molecule has 0 aliphatic rings. The molecule has 0 aliphatic heterocycles. The Hall–Kier alpha value is -1.14. The highest BCUT2D eigenvalue weighted by Crippen LogP contribution is 1.97. The number of carbonyl (C=O) groups excluding carboxylic acids is 2. The molecule has 0 spiro atoms. The van der Waals surface area contributed by atoms with Gasteiger partial charge in [-0.15, -0.1) is 0 Å². The van der Waals surface area contributed by atoms with Gasteiger partial charge >= 0.3 is 0 Å². The van der Waals surface area contributed by atoms with E-state index >= 15 is 0 Å². The zero-order valence-electron chi connectivity index (χ0n) is 12.7. The molecule has 2 amide bonds. The molecular formula is C13H28N4O2. The predicted octanol–water partition coefficient (Wildman–Crippen LogP) is -0.406. The maximum absolute atomic E-state index is 12.0. The second-order valence-electron chi connectivity index (χ2n) is 4.96. The summed E-state index contributed by atoms with van der Waals surface area (Å²) in [5.41, 5.74) is 5.43. The fraction of sp³-hybridized carbons (Fsp3) is 0.846. The summed E-state index contributed by atoms with van der Waals surface area (Å²) in [6, 6.07) is 0. The first-order valence-corrected chi connectivity index (χ1v) is 6.78. The minimum atomic E-state index is 0.0193. The first-order valence-electron chi connectivity index (χ1n) is 6.78. The van der Waals surface area contributed by atoms with Crippen LogP contribution in [-0.2, 0) is 9.59 Å². The molecule has 0 aromatic carbocycles. The van der Waals surface area contributed by atoms with Gasteiger partial charge in [-0.2, -0.15) is 0 Å². The molecule has 6 nitrogen and oxygen atoms in total. The number of carbonyl (C=O) groups is 2.